The molecule has 7 nitrogen and oxygen atoms in total. The Balaban J connectivity index is 1.52. The highest BCUT2D eigenvalue weighted by Crippen LogP contribution is 2.30. The number of fused-ring (bicyclic) bond motifs is 1. The van der Waals surface area contributed by atoms with Crippen LogP contribution in [0.4, 0.5) is 5.82 Å². The van der Waals surface area contributed by atoms with Gasteiger partial charge in [0, 0.05) is 45.1 Å². The van der Waals surface area contributed by atoms with E-state index in [1.807, 2.05) is 24.2 Å². The summed E-state index contributed by atoms with van der Waals surface area (Å²) >= 11 is 0. The van der Waals surface area contributed by atoms with Gasteiger partial charge in [-0.3, -0.25) is 9.59 Å². The first kappa shape index (κ1) is 17.9. The van der Waals surface area contributed by atoms with Crippen molar-refractivity contribution in [1.82, 2.24) is 19.9 Å². The highest BCUT2D eigenvalue weighted by Gasteiger charge is 2.36. The molecule has 1 saturated carbocycles. The van der Waals surface area contributed by atoms with Gasteiger partial charge in [-0.2, -0.15) is 0 Å². The number of amides is 1. The molecule has 7 heteroatoms. The maximum Gasteiger partial charge on any atom is 0.226 e. The fraction of sp³-hybridized carbons (Fsp3) is 0.600. The van der Waals surface area contributed by atoms with E-state index < -0.39 is 0 Å². The van der Waals surface area contributed by atoms with E-state index in [0.29, 0.717) is 25.3 Å². The number of carbonyl (C=O) groups is 2. The Kier molecular flexibility index (Phi) is 4.85. The highest BCUT2D eigenvalue weighted by atomic mass is 16.2. The van der Waals surface area contributed by atoms with Crippen LogP contribution in [0.5, 0.6) is 0 Å². The van der Waals surface area contributed by atoms with Gasteiger partial charge >= 0.3 is 0 Å². The number of carbonyl (C=O) groups excluding carboxylic acids is 2. The van der Waals surface area contributed by atoms with E-state index >= 15 is 0 Å². The molecule has 3 heterocycles. The molecule has 1 aliphatic heterocycles. The first-order valence-corrected chi connectivity index (χ1v) is 9.86. The summed E-state index contributed by atoms with van der Waals surface area (Å²) in [4.78, 5) is 40.8. The number of rotatable bonds is 3. The molecule has 3 atom stereocenters. The molecule has 1 saturated heterocycles. The predicted molar refractivity (Wildman–Crippen MR) is 103 cm³/mol. The molecule has 0 aromatic carbocycles. The lowest BCUT2D eigenvalue weighted by molar-refractivity contribution is -0.141. The van der Waals surface area contributed by atoms with E-state index in [1.165, 1.54) is 0 Å². The van der Waals surface area contributed by atoms with Gasteiger partial charge in [0.1, 0.15) is 23.6 Å². The summed E-state index contributed by atoms with van der Waals surface area (Å²) < 4.78 is 0. The topological polar surface area (TPSA) is 82.2 Å². The van der Waals surface area contributed by atoms with Crippen molar-refractivity contribution in [3.8, 4) is 0 Å². The van der Waals surface area contributed by atoms with Crippen molar-refractivity contribution in [2.75, 3.05) is 25.0 Å². The lowest BCUT2D eigenvalue weighted by atomic mass is 9.85. The molecular formula is C20H27N5O2. The van der Waals surface area contributed by atoms with E-state index in [2.05, 4.69) is 26.8 Å². The van der Waals surface area contributed by atoms with Crippen molar-refractivity contribution >= 4 is 28.5 Å². The number of piperidine rings is 1. The maximum absolute atomic E-state index is 13.0. The average Bonchev–Trinajstić information content (AvgIpc) is 3.16. The first-order chi connectivity index (χ1) is 13.0. The smallest absolute Gasteiger partial charge is 0.226 e. The number of Topliss-reactive ketones (excluding diaryl/α,β-unsaturated/α-hetero) is 1. The predicted octanol–water partition coefficient (Wildman–Crippen LogP) is 2.39. The van der Waals surface area contributed by atoms with Crippen LogP contribution in [-0.2, 0) is 9.59 Å². The van der Waals surface area contributed by atoms with Crippen molar-refractivity contribution in [2.45, 2.75) is 45.1 Å². The summed E-state index contributed by atoms with van der Waals surface area (Å²) in [7, 11) is 2.05. The van der Waals surface area contributed by atoms with Crippen molar-refractivity contribution in [3.63, 3.8) is 0 Å². The lowest BCUT2D eigenvalue weighted by Crippen LogP contribution is -2.54. The molecule has 2 aromatic heterocycles. The number of likely N-dealkylation sites (tertiary alicyclic amines) is 1. The fourth-order valence-corrected chi connectivity index (χ4v) is 4.54. The third-order valence-electron chi connectivity index (χ3n) is 6.23. The standard InChI is InChI=1S/C20H27N5O2/c1-13-7-9-25(20(27)14-4-3-5-15(26)10-14)11-17(13)24(2)19-16-6-8-21-18(16)22-12-23-19/h6,8,12-14,17H,3-5,7,9-11H2,1-2H3,(H,21,22,23). The second-order valence-electron chi connectivity index (χ2n) is 8.00. The average molecular weight is 369 g/mol. The monoisotopic (exact) mass is 369 g/mol. The fourth-order valence-electron chi connectivity index (χ4n) is 4.54. The number of aromatic nitrogens is 3. The van der Waals surface area contributed by atoms with E-state index in [4.69, 9.17) is 0 Å². The molecule has 1 aliphatic carbocycles. The quantitative estimate of drug-likeness (QED) is 0.898. The molecule has 2 aromatic rings. The van der Waals surface area contributed by atoms with Crippen LogP contribution < -0.4 is 4.90 Å². The van der Waals surface area contributed by atoms with E-state index in [1.54, 1.807) is 6.33 Å². The van der Waals surface area contributed by atoms with Crippen molar-refractivity contribution in [3.05, 3.63) is 18.6 Å². The van der Waals surface area contributed by atoms with Gasteiger partial charge in [0.15, 0.2) is 0 Å². The molecular weight excluding hydrogens is 342 g/mol. The summed E-state index contributed by atoms with van der Waals surface area (Å²) in [6.45, 7) is 3.69. The van der Waals surface area contributed by atoms with E-state index in [-0.39, 0.29) is 23.7 Å². The second kappa shape index (κ2) is 7.29. The minimum Gasteiger partial charge on any atom is -0.354 e. The summed E-state index contributed by atoms with van der Waals surface area (Å²) in [6.07, 6.45) is 7.14. The van der Waals surface area contributed by atoms with Gasteiger partial charge in [-0.25, -0.2) is 9.97 Å². The molecule has 3 unspecified atom stereocenters. The summed E-state index contributed by atoms with van der Waals surface area (Å²) in [5, 5.41) is 0.994. The number of H-pyrrole nitrogens is 1. The van der Waals surface area contributed by atoms with Gasteiger partial charge in [0.25, 0.3) is 0 Å². The largest absolute Gasteiger partial charge is 0.354 e. The zero-order valence-corrected chi connectivity index (χ0v) is 16.0. The minimum absolute atomic E-state index is 0.124. The van der Waals surface area contributed by atoms with Crippen LogP contribution in [0.15, 0.2) is 18.6 Å². The van der Waals surface area contributed by atoms with Crippen molar-refractivity contribution in [1.29, 1.82) is 0 Å². The van der Waals surface area contributed by atoms with Gasteiger partial charge in [0.2, 0.25) is 5.91 Å². The van der Waals surface area contributed by atoms with Crippen LogP contribution >= 0.6 is 0 Å². The molecule has 0 spiro atoms. The number of anilines is 1. The van der Waals surface area contributed by atoms with Crippen LogP contribution in [0.2, 0.25) is 0 Å². The van der Waals surface area contributed by atoms with Gasteiger partial charge in [-0.1, -0.05) is 6.92 Å². The van der Waals surface area contributed by atoms with Crippen LogP contribution in [0, 0.1) is 11.8 Å². The zero-order chi connectivity index (χ0) is 19.0. The molecule has 0 bridgehead atoms. The number of nitrogens with one attached hydrogen (secondary N) is 1. The van der Waals surface area contributed by atoms with Crippen LogP contribution in [0.1, 0.15) is 39.0 Å². The molecule has 2 fully saturated rings. The number of hydrogen-bond acceptors (Lipinski definition) is 5. The van der Waals surface area contributed by atoms with Gasteiger partial charge in [0.05, 0.1) is 11.4 Å². The van der Waals surface area contributed by atoms with Gasteiger partial charge < -0.3 is 14.8 Å². The molecule has 0 radical (unpaired) electrons. The minimum atomic E-state index is -0.124. The second-order valence-corrected chi connectivity index (χ2v) is 8.00. The van der Waals surface area contributed by atoms with Crippen LogP contribution in [0.3, 0.4) is 0 Å². The number of ketones is 1. The third-order valence-corrected chi connectivity index (χ3v) is 6.23. The van der Waals surface area contributed by atoms with E-state index in [9.17, 15) is 9.59 Å². The number of nitrogens with zero attached hydrogens (tertiary/aromatic N) is 4. The Labute approximate surface area is 159 Å². The highest BCUT2D eigenvalue weighted by molar-refractivity contribution is 5.88. The summed E-state index contributed by atoms with van der Waals surface area (Å²) in [5.41, 5.74) is 0.823. The Bertz CT molecular complexity index is 848. The third kappa shape index (κ3) is 3.42. The van der Waals surface area contributed by atoms with Crippen LogP contribution in [0.25, 0.3) is 11.0 Å². The number of aromatic amines is 1. The molecule has 144 valence electrons. The molecule has 2 aliphatic rings. The van der Waals surface area contributed by atoms with Gasteiger partial charge in [-0.05, 0) is 31.2 Å². The van der Waals surface area contributed by atoms with Crippen LogP contribution in [-0.4, -0.2) is 57.7 Å². The Morgan fingerprint density at radius 2 is 2.19 bits per heavy atom. The summed E-state index contributed by atoms with van der Waals surface area (Å²) in [5.74, 6) is 1.61. The molecule has 4 rings (SSSR count). The SMILES string of the molecule is CC1CCN(C(=O)C2CCCC(=O)C2)CC1N(C)c1ncnc2[nH]ccc12. The molecule has 27 heavy (non-hydrogen) atoms. The summed E-state index contributed by atoms with van der Waals surface area (Å²) in [6, 6.07) is 2.18. The molecule has 1 N–H and O–H groups in total. The zero-order valence-electron chi connectivity index (χ0n) is 16.0. The maximum atomic E-state index is 13.0. The first-order valence-electron chi connectivity index (χ1n) is 9.86. The Morgan fingerprint density at radius 1 is 1.33 bits per heavy atom. The van der Waals surface area contributed by atoms with E-state index in [0.717, 1.165) is 42.7 Å². The van der Waals surface area contributed by atoms with Crippen molar-refractivity contribution in [2.24, 2.45) is 11.8 Å². The Hall–Kier alpha value is -2.44. The Morgan fingerprint density at radius 3 is 3.00 bits per heavy atom. The molecule has 1 amide bonds. The number of likely N-dealkylation sites (N-methyl/N-ethyl adjacent to an activating group) is 1. The normalized spacial score (nSPS) is 26.4. The van der Waals surface area contributed by atoms with Gasteiger partial charge in [-0.15, -0.1) is 0 Å². The van der Waals surface area contributed by atoms with Crippen molar-refractivity contribution < 1.29 is 9.59 Å². The number of hydrogen-bond donors (Lipinski definition) is 1. The lowest BCUT2D eigenvalue weighted by Gasteiger charge is -2.43.